The van der Waals surface area contributed by atoms with Crippen LogP contribution in [0.4, 0.5) is 11.4 Å². The number of anilines is 2. The van der Waals surface area contributed by atoms with E-state index in [0.717, 1.165) is 33.3 Å². The van der Waals surface area contributed by atoms with Gasteiger partial charge in [0.15, 0.2) is 0 Å². The molecular weight excluding hydrogens is 751 g/mol. The van der Waals surface area contributed by atoms with Crippen LogP contribution in [-0.4, -0.2) is 0 Å². The minimum Gasteiger partial charge on any atom is -0.456 e. The summed E-state index contributed by atoms with van der Waals surface area (Å²) in [5.74, 6) is 0. The van der Waals surface area contributed by atoms with Gasteiger partial charge in [-0.2, -0.15) is 0 Å². The summed E-state index contributed by atoms with van der Waals surface area (Å²) in [4.78, 5) is 2.51. The van der Waals surface area contributed by atoms with Gasteiger partial charge >= 0.3 is 0 Å². The summed E-state index contributed by atoms with van der Waals surface area (Å²) in [6.07, 6.45) is 0. The van der Waals surface area contributed by atoms with Crippen molar-refractivity contribution in [3.8, 4) is 33.4 Å². The van der Waals surface area contributed by atoms with E-state index in [-0.39, 0.29) is 0 Å². The Balaban J connectivity index is 1.10. The molecule has 12 rings (SSSR count). The van der Waals surface area contributed by atoms with Crippen LogP contribution in [0, 0.1) is 0 Å². The fourth-order valence-corrected chi connectivity index (χ4v) is 10.2. The second kappa shape index (κ2) is 14.7. The van der Waals surface area contributed by atoms with Crippen LogP contribution in [0.15, 0.2) is 241 Å². The predicted molar refractivity (Wildman–Crippen MR) is 258 cm³/mol. The number of hydrogen-bond acceptors (Lipinski definition) is 2. The van der Waals surface area contributed by atoms with Crippen LogP contribution >= 0.6 is 0 Å². The highest BCUT2D eigenvalue weighted by Gasteiger charge is 2.46. The van der Waals surface area contributed by atoms with Crippen molar-refractivity contribution in [2.75, 3.05) is 4.90 Å². The zero-order chi connectivity index (χ0) is 41.0. The predicted octanol–water partition coefficient (Wildman–Crippen LogP) is 15.8. The molecule has 1 heterocycles. The van der Waals surface area contributed by atoms with Gasteiger partial charge in [0.25, 0.3) is 0 Å². The highest BCUT2D eigenvalue weighted by atomic mass is 16.3. The molecule has 0 aliphatic heterocycles. The summed E-state index contributed by atoms with van der Waals surface area (Å²) in [6.45, 7) is 0.623. The maximum absolute atomic E-state index is 6.56. The van der Waals surface area contributed by atoms with Crippen LogP contribution in [0.1, 0.15) is 27.8 Å². The number of furan rings is 1. The van der Waals surface area contributed by atoms with Crippen molar-refractivity contribution in [2.24, 2.45) is 0 Å². The largest absolute Gasteiger partial charge is 0.456 e. The van der Waals surface area contributed by atoms with Gasteiger partial charge in [0, 0.05) is 28.7 Å². The molecule has 10 aromatic carbocycles. The van der Waals surface area contributed by atoms with Gasteiger partial charge in [-0.1, -0.05) is 194 Å². The Bertz CT molecular complexity index is 3380. The van der Waals surface area contributed by atoms with E-state index < -0.39 is 5.41 Å². The van der Waals surface area contributed by atoms with E-state index in [2.05, 4.69) is 241 Å². The average molecular weight is 792 g/mol. The van der Waals surface area contributed by atoms with Crippen LogP contribution in [0.25, 0.3) is 66.1 Å². The van der Waals surface area contributed by atoms with Crippen molar-refractivity contribution < 1.29 is 4.42 Å². The lowest BCUT2D eigenvalue weighted by molar-refractivity contribution is 0.669. The standard InChI is InChI=1S/C60H41NO/c1-4-16-41(17-5-1)43-30-33-49(34-31-43)61(40-46-32-37-57-59(53-25-13-15-27-56(53)62-57)58(46)45-29-28-42-18-10-11-19-44(42)38-45)50-35-36-52-51-24-12-14-26-54(51)60(55(52)39-50,47-20-6-2-7-21-47)48-22-8-3-9-23-48/h1-39H,40H2. The minimum absolute atomic E-state index is 0.516. The van der Waals surface area contributed by atoms with E-state index in [1.807, 2.05) is 0 Å². The molecular formula is C60H41NO. The number of hydrogen-bond donors (Lipinski definition) is 0. The summed E-state index contributed by atoms with van der Waals surface area (Å²) in [6, 6.07) is 86.4. The van der Waals surface area contributed by atoms with Crippen molar-refractivity contribution in [3.05, 3.63) is 264 Å². The molecule has 0 bridgehead atoms. The Kier molecular flexibility index (Phi) is 8.50. The quantitative estimate of drug-likeness (QED) is 0.152. The van der Waals surface area contributed by atoms with Crippen molar-refractivity contribution in [1.29, 1.82) is 0 Å². The molecule has 0 saturated heterocycles. The zero-order valence-corrected chi connectivity index (χ0v) is 34.1. The first-order chi connectivity index (χ1) is 30.7. The zero-order valence-electron chi connectivity index (χ0n) is 34.1. The normalized spacial score (nSPS) is 12.7. The molecule has 0 N–H and O–H groups in total. The van der Waals surface area contributed by atoms with Gasteiger partial charge in [-0.25, -0.2) is 0 Å². The molecule has 1 aliphatic rings. The Morgan fingerprint density at radius 1 is 0.387 bits per heavy atom. The lowest BCUT2D eigenvalue weighted by Gasteiger charge is -2.35. The van der Waals surface area contributed by atoms with E-state index >= 15 is 0 Å². The SMILES string of the molecule is c1ccc(-c2ccc(N(Cc3ccc4oc5ccccc5c4c3-c3ccc4ccccc4c3)c3ccc4c(c3)C(c3ccccc3)(c3ccccc3)c3ccccc3-4)cc2)cc1. The van der Waals surface area contributed by atoms with Crippen LogP contribution in [-0.2, 0) is 12.0 Å². The van der Waals surface area contributed by atoms with Crippen LogP contribution in [0.3, 0.4) is 0 Å². The Morgan fingerprint density at radius 3 is 1.76 bits per heavy atom. The maximum Gasteiger partial charge on any atom is 0.136 e. The number of fused-ring (bicyclic) bond motifs is 7. The monoisotopic (exact) mass is 791 g/mol. The molecule has 0 fully saturated rings. The second-order valence-electron chi connectivity index (χ2n) is 16.4. The number of nitrogens with zero attached hydrogens (tertiary/aromatic N) is 1. The van der Waals surface area contributed by atoms with Crippen molar-refractivity contribution in [1.82, 2.24) is 0 Å². The van der Waals surface area contributed by atoms with Crippen LogP contribution < -0.4 is 4.90 Å². The molecule has 1 aromatic heterocycles. The first-order valence-corrected chi connectivity index (χ1v) is 21.4. The van der Waals surface area contributed by atoms with Crippen LogP contribution in [0.2, 0.25) is 0 Å². The van der Waals surface area contributed by atoms with Crippen LogP contribution in [0.5, 0.6) is 0 Å². The summed E-state index contributed by atoms with van der Waals surface area (Å²) >= 11 is 0. The lowest BCUT2D eigenvalue weighted by Crippen LogP contribution is -2.29. The van der Waals surface area contributed by atoms with E-state index in [1.165, 1.54) is 72.0 Å². The molecule has 2 nitrogen and oxygen atoms in total. The van der Waals surface area contributed by atoms with E-state index in [0.29, 0.717) is 6.54 Å². The lowest BCUT2D eigenvalue weighted by atomic mass is 9.67. The average Bonchev–Trinajstić information content (AvgIpc) is 3.87. The molecule has 0 amide bonds. The van der Waals surface area contributed by atoms with Gasteiger partial charge in [0.05, 0.1) is 5.41 Å². The van der Waals surface area contributed by atoms with E-state index in [4.69, 9.17) is 4.42 Å². The molecule has 62 heavy (non-hydrogen) atoms. The smallest absolute Gasteiger partial charge is 0.136 e. The second-order valence-corrected chi connectivity index (χ2v) is 16.4. The molecule has 2 heteroatoms. The highest BCUT2D eigenvalue weighted by Crippen LogP contribution is 2.57. The van der Waals surface area contributed by atoms with Crippen molar-refractivity contribution in [2.45, 2.75) is 12.0 Å². The molecule has 11 aromatic rings. The van der Waals surface area contributed by atoms with Gasteiger partial charge in [-0.05, 0) is 114 Å². The Hall–Kier alpha value is -7.94. The fourth-order valence-electron chi connectivity index (χ4n) is 10.2. The van der Waals surface area contributed by atoms with Gasteiger partial charge in [0.1, 0.15) is 11.2 Å². The van der Waals surface area contributed by atoms with Gasteiger partial charge < -0.3 is 9.32 Å². The molecule has 0 atom stereocenters. The molecule has 1 aliphatic carbocycles. The molecule has 0 unspecified atom stereocenters. The first-order valence-electron chi connectivity index (χ1n) is 21.4. The maximum atomic E-state index is 6.56. The van der Waals surface area contributed by atoms with Gasteiger partial charge in [-0.3, -0.25) is 0 Å². The van der Waals surface area contributed by atoms with E-state index in [9.17, 15) is 0 Å². The summed E-state index contributed by atoms with van der Waals surface area (Å²) in [5.41, 5.74) is 17.1. The van der Waals surface area contributed by atoms with E-state index in [1.54, 1.807) is 0 Å². The van der Waals surface area contributed by atoms with Gasteiger partial charge in [-0.15, -0.1) is 0 Å². The third-order valence-electron chi connectivity index (χ3n) is 13.0. The minimum atomic E-state index is -0.516. The number of para-hydroxylation sites is 1. The highest BCUT2D eigenvalue weighted by molar-refractivity contribution is 6.13. The fraction of sp³-hybridized carbons (Fsp3) is 0.0333. The summed E-state index contributed by atoms with van der Waals surface area (Å²) < 4.78 is 6.56. The number of rotatable bonds is 8. The topological polar surface area (TPSA) is 16.4 Å². The first kappa shape index (κ1) is 36.0. The summed E-state index contributed by atoms with van der Waals surface area (Å²) in [5, 5.41) is 4.70. The molecule has 0 spiro atoms. The molecule has 292 valence electrons. The third-order valence-corrected chi connectivity index (χ3v) is 13.0. The Labute approximate surface area is 361 Å². The van der Waals surface area contributed by atoms with Crippen molar-refractivity contribution >= 4 is 44.1 Å². The Morgan fingerprint density at radius 2 is 0.984 bits per heavy atom. The summed E-state index contributed by atoms with van der Waals surface area (Å²) in [7, 11) is 0. The van der Waals surface area contributed by atoms with Crippen molar-refractivity contribution in [3.63, 3.8) is 0 Å². The molecule has 0 saturated carbocycles. The van der Waals surface area contributed by atoms with Gasteiger partial charge in [0.2, 0.25) is 0 Å². The number of benzene rings is 10. The molecule has 0 radical (unpaired) electrons. The third kappa shape index (κ3) is 5.72.